The summed E-state index contributed by atoms with van der Waals surface area (Å²) in [5, 5.41) is 12.3. The van der Waals surface area contributed by atoms with Crippen LogP contribution >= 0.6 is 0 Å². The van der Waals surface area contributed by atoms with E-state index in [1.165, 1.54) is 10.9 Å². The third-order valence-electron chi connectivity index (χ3n) is 7.30. The molecule has 1 aliphatic carbocycles. The molecule has 0 bridgehead atoms. The molecule has 0 saturated carbocycles. The third kappa shape index (κ3) is 7.29. The number of ether oxygens (including phenoxy) is 2. The zero-order valence-electron chi connectivity index (χ0n) is 25.1. The summed E-state index contributed by atoms with van der Waals surface area (Å²) in [6.45, 7) is 4.32. The van der Waals surface area contributed by atoms with E-state index in [-0.39, 0.29) is 49.3 Å². The van der Waals surface area contributed by atoms with Gasteiger partial charge in [-0.3, -0.25) is 19.4 Å². The normalized spacial score (nSPS) is 13.2. The van der Waals surface area contributed by atoms with E-state index < -0.39 is 41.7 Å². The van der Waals surface area contributed by atoms with E-state index >= 15 is 0 Å². The average molecular weight is 618 g/mol. The number of carbonyl (C=O) groups is 3. The first-order valence-corrected chi connectivity index (χ1v) is 14.4. The van der Waals surface area contributed by atoms with Gasteiger partial charge in [0.1, 0.15) is 19.7 Å². The molecule has 236 valence electrons. The molecule has 5 N–H and O–H groups in total. The van der Waals surface area contributed by atoms with Crippen molar-refractivity contribution in [1.82, 2.24) is 29.7 Å². The summed E-state index contributed by atoms with van der Waals surface area (Å²) in [6.07, 6.45) is 0.514. The number of hydrogen-bond donors (Lipinski definition) is 4. The predicted octanol–water partition coefficient (Wildman–Crippen LogP) is 2.34. The number of carbonyl (C=O) groups excluding carboxylic acids is 2. The number of H-pyrrole nitrogens is 1. The number of carboxylic acids is 1. The molecular formula is C31H35N7O7. The van der Waals surface area contributed by atoms with Crippen molar-refractivity contribution >= 4 is 35.1 Å². The van der Waals surface area contributed by atoms with Crippen LogP contribution in [-0.2, 0) is 25.6 Å². The van der Waals surface area contributed by atoms with Crippen molar-refractivity contribution in [2.75, 3.05) is 32.0 Å². The Morgan fingerprint density at radius 1 is 1.11 bits per heavy atom. The molecule has 0 fully saturated rings. The molecule has 0 unspecified atom stereocenters. The Hall–Kier alpha value is -5.24. The standard InChI is InChI=1S/C31H35N7O7/c1-31(2,3)45-15-18(34-30(43)44-16-23-21-10-6-4-8-19(21)20-9-5-7-11-22(20)23)12-37(14-25(40)41)24(39)13-38-17-33-26-27(38)35-29(32)36-28(26)42/h4-11,17-18,23H,12-16H2,1-3H3,(H,34,43)(H,40,41)(H3,32,35,36,42)/t18-/m1/s1. The zero-order valence-corrected chi connectivity index (χ0v) is 25.1. The molecule has 14 nitrogen and oxygen atoms in total. The number of nitrogen functional groups attached to an aromatic ring is 1. The van der Waals surface area contributed by atoms with Gasteiger partial charge in [-0.1, -0.05) is 48.5 Å². The molecule has 2 heterocycles. The summed E-state index contributed by atoms with van der Waals surface area (Å²) < 4.78 is 12.9. The first kappa shape index (κ1) is 31.2. The number of hydrogen-bond acceptors (Lipinski definition) is 9. The van der Waals surface area contributed by atoms with Crippen LogP contribution in [0.5, 0.6) is 0 Å². The van der Waals surface area contributed by atoms with Gasteiger partial charge in [0.25, 0.3) is 5.56 Å². The quantitative estimate of drug-likeness (QED) is 0.194. The van der Waals surface area contributed by atoms with Gasteiger partial charge in [0.2, 0.25) is 11.9 Å². The van der Waals surface area contributed by atoms with Crippen molar-refractivity contribution in [2.24, 2.45) is 0 Å². The highest BCUT2D eigenvalue weighted by Gasteiger charge is 2.30. The van der Waals surface area contributed by atoms with Crippen molar-refractivity contribution in [3.8, 4) is 11.1 Å². The summed E-state index contributed by atoms with van der Waals surface area (Å²) in [4.78, 5) is 61.9. The minimum Gasteiger partial charge on any atom is -0.480 e. The topological polar surface area (TPSA) is 195 Å². The lowest BCUT2D eigenvalue weighted by Gasteiger charge is -2.29. The largest absolute Gasteiger partial charge is 0.480 e. The van der Waals surface area contributed by atoms with Crippen LogP contribution in [0, 0.1) is 0 Å². The molecule has 0 radical (unpaired) electrons. The molecule has 14 heteroatoms. The second-order valence-corrected chi connectivity index (χ2v) is 11.8. The van der Waals surface area contributed by atoms with Gasteiger partial charge >= 0.3 is 12.1 Å². The molecule has 1 atom stereocenters. The molecule has 1 aliphatic rings. The maximum absolute atomic E-state index is 13.4. The second kappa shape index (κ2) is 12.8. The van der Waals surface area contributed by atoms with E-state index in [0.717, 1.165) is 27.2 Å². The third-order valence-corrected chi connectivity index (χ3v) is 7.30. The van der Waals surface area contributed by atoms with Crippen LogP contribution in [0.1, 0.15) is 37.8 Å². The molecule has 0 spiro atoms. The maximum Gasteiger partial charge on any atom is 0.407 e. The number of carboxylic acid groups (broad SMARTS) is 1. The second-order valence-electron chi connectivity index (χ2n) is 11.8. The Bertz CT molecular complexity index is 1750. The summed E-state index contributed by atoms with van der Waals surface area (Å²) in [6, 6.07) is 15.1. The molecule has 2 amide bonds. The van der Waals surface area contributed by atoms with E-state index in [2.05, 4.69) is 20.3 Å². The van der Waals surface area contributed by atoms with E-state index in [1.54, 1.807) is 0 Å². The highest BCUT2D eigenvalue weighted by atomic mass is 16.5. The van der Waals surface area contributed by atoms with Gasteiger partial charge in [-0.15, -0.1) is 0 Å². The van der Waals surface area contributed by atoms with E-state index in [9.17, 15) is 24.3 Å². The Kier molecular flexibility index (Phi) is 8.86. The number of aliphatic carboxylic acids is 1. The van der Waals surface area contributed by atoms with E-state index in [1.807, 2.05) is 69.3 Å². The van der Waals surface area contributed by atoms with Crippen molar-refractivity contribution in [2.45, 2.75) is 44.9 Å². The number of rotatable bonds is 11. The van der Waals surface area contributed by atoms with Gasteiger partial charge in [0.15, 0.2) is 11.2 Å². The van der Waals surface area contributed by atoms with Crippen molar-refractivity contribution in [3.05, 3.63) is 76.3 Å². The van der Waals surface area contributed by atoms with Gasteiger partial charge in [-0.05, 0) is 43.0 Å². The number of alkyl carbamates (subject to hydrolysis) is 1. The summed E-state index contributed by atoms with van der Waals surface area (Å²) >= 11 is 0. The molecule has 2 aromatic heterocycles. The Morgan fingerprint density at radius 3 is 2.38 bits per heavy atom. The molecular weight excluding hydrogens is 582 g/mol. The molecule has 5 rings (SSSR count). The van der Waals surface area contributed by atoms with Gasteiger partial charge in [0.05, 0.1) is 24.6 Å². The number of aromatic amines is 1. The van der Waals surface area contributed by atoms with Gasteiger partial charge in [-0.2, -0.15) is 4.98 Å². The van der Waals surface area contributed by atoms with Crippen molar-refractivity contribution in [1.29, 1.82) is 0 Å². The average Bonchev–Trinajstić information content (AvgIpc) is 3.52. The van der Waals surface area contributed by atoms with E-state index in [0.29, 0.717) is 0 Å². The van der Waals surface area contributed by atoms with Crippen LogP contribution in [0.2, 0.25) is 0 Å². The Balaban J connectivity index is 1.30. The number of anilines is 1. The minimum atomic E-state index is -1.26. The van der Waals surface area contributed by atoms with Crippen LogP contribution in [0.3, 0.4) is 0 Å². The fourth-order valence-corrected chi connectivity index (χ4v) is 5.31. The highest BCUT2D eigenvalue weighted by molar-refractivity contribution is 5.83. The number of nitrogens with one attached hydrogen (secondary N) is 2. The number of nitrogens with two attached hydrogens (primary N) is 1. The van der Waals surface area contributed by atoms with Crippen molar-refractivity contribution in [3.63, 3.8) is 0 Å². The molecule has 0 saturated heterocycles. The maximum atomic E-state index is 13.4. The number of fused-ring (bicyclic) bond motifs is 4. The number of nitrogens with zero attached hydrogens (tertiary/aromatic N) is 4. The summed E-state index contributed by atoms with van der Waals surface area (Å²) in [5.41, 5.74) is 8.85. The fraction of sp³-hybridized carbons (Fsp3) is 0.355. The SMILES string of the molecule is CC(C)(C)OC[C@@H](CN(CC(=O)O)C(=O)Cn1cnc2c(=O)[nH]c(N)nc21)NC(=O)OCC1c2ccccc2-c2ccccc21. The van der Waals surface area contributed by atoms with Crippen LogP contribution in [0.4, 0.5) is 10.7 Å². The minimum absolute atomic E-state index is 0.0184. The number of amides is 2. The highest BCUT2D eigenvalue weighted by Crippen LogP contribution is 2.44. The first-order valence-electron chi connectivity index (χ1n) is 14.4. The Morgan fingerprint density at radius 2 is 1.76 bits per heavy atom. The first-order chi connectivity index (χ1) is 21.4. The lowest BCUT2D eigenvalue weighted by Crippen LogP contribution is -2.51. The summed E-state index contributed by atoms with van der Waals surface area (Å²) in [7, 11) is 0. The smallest absolute Gasteiger partial charge is 0.407 e. The number of imidazole rings is 1. The van der Waals surface area contributed by atoms with E-state index in [4.69, 9.17) is 15.2 Å². The van der Waals surface area contributed by atoms with Crippen LogP contribution in [0.15, 0.2) is 59.7 Å². The van der Waals surface area contributed by atoms with Gasteiger partial charge in [-0.25, -0.2) is 9.78 Å². The van der Waals surface area contributed by atoms with Crippen LogP contribution in [0.25, 0.3) is 22.3 Å². The number of benzene rings is 2. The molecule has 4 aromatic rings. The number of aromatic nitrogens is 4. The van der Waals surface area contributed by atoms with Crippen LogP contribution in [-0.4, -0.2) is 85.4 Å². The molecule has 0 aliphatic heterocycles. The summed E-state index contributed by atoms with van der Waals surface area (Å²) in [5.74, 6) is -2.19. The van der Waals surface area contributed by atoms with Gasteiger partial charge in [0, 0.05) is 12.5 Å². The Labute approximate surface area is 258 Å². The van der Waals surface area contributed by atoms with Gasteiger partial charge < -0.3 is 35.1 Å². The molecule has 45 heavy (non-hydrogen) atoms. The van der Waals surface area contributed by atoms with Crippen molar-refractivity contribution < 1.29 is 29.0 Å². The lowest BCUT2D eigenvalue weighted by atomic mass is 9.98. The predicted molar refractivity (Wildman–Crippen MR) is 164 cm³/mol. The lowest BCUT2D eigenvalue weighted by molar-refractivity contribution is -0.145. The zero-order chi connectivity index (χ0) is 32.3. The van der Waals surface area contributed by atoms with Crippen LogP contribution < -0.4 is 16.6 Å². The fourth-order valence-electron chi connectivity index (χ4n) is 5.31. The molecule has 2 aromatic carbocycles. The monoisotopic (exact) mass is 617 g/mol.